The van der Waals surface area contributed by atoms with Crippen LogP contribution in [0.5, 0.6) is 0 Å². The molecule has 1 fully saturated rings. The predicted molar refractivity (Wildman–Crippen MR) is 74.1 cm³/mol. The van der Waals surface area contributed by atoms with E-state index in [1.165, 1.54) is 11.3 Å². The number of aliphatic hydroxyl groups is 1. The third-order valence-electron chi connectivity index (χ3n) is 3.57. The van der Waals surface area contributed by atoms with Crippen LogP contribution in [0.4, 0.5) is 9.93 Å². The molecule has 1 atom stereocenters. The van der Waals surface area contributed by atoms with E-state index in [-0.39, 0.29) is 18.1 Å². The Morgan fingerprint density at radius 1 is 1.53 bits per heavy atom. The summed E-state index contributed by atoms with van der Waals surface area (Å²) >= 11 is 1.30. The molecule has 106 valence electrons. The highest BCUT2D eigenvalue weighted by molar-refractivity contribution is 7.13. The molecule has 1 saturated heterocycles. The van der Waals surface area contributed by atoms with E-state index in [9.17, 15) is 9.90 Å². The van der Waals surface area contributed by atoms with Gasteiger partial charge in [0.2, 0.25) is 5.13 Å². The average molecular weight is 284 g/mol. The lowest BCUT2D eigenvalue weighted by Gasteiger charge is -2.35. The maximum atomic E-state index is 12.0. The smallest absolute Gasteiger partial charge is 0.323 e. The topological polar surface area (TPSA) is 78.4 Å². The van der Waals surface area contributed by atoms with Crippen molar-refractivity contribution in [1.29, 1.82) is 0 Å². The van der Waals surface area contributed by atoms with Crippen LogP contribution in [-0.4, -0.2) is 45.4 Å². The minimum atomic E-state index is -0.270. The summed E-state index contributed by atoms with van der Waals surface area (Å²) in [5.41, 5.74) is 1.58. The third kappa shape index (κ3) is 3.63. The standard InChI is InChI=1S/C12H20N4O2S/c1-8(2)10(17)9-3-5-16(6-4-9)12(18)14-11-15-13-7-19-11/h7-10,17H,3-6H2,1-2H3,(H,14,15,18)/t10-/m1/s1. The monoisotopic (exact) mass is 284 g/mol. The van der Waals surface area contributed by atoms with Gasteiger partial charge in [-0.3, -0.25) is 5.32 Å². The fraction of sp³-hybridized carbons (Fsp3) is 0.750. The highest BCUT2D eigenvalue weighted by Crippen LogP contribution is 2.25. The number of anilines is 1. The van der Waals surface area contributed by atoms with Crippen LogP contribution >= 0.6 is 11.3 Å². The lowest BCUT2D eigenvalue weighted by atomic mass is 9.86. The number of aromatic nitrogens is 2. The zero-order chi connectivity index (χ0) is 13.8. The van der Waals surface area contributed by atoms with Gasteiger partial charge in [-0.1, -0.05) is 25.2 Å². The first-order valence-corrected chi connectivity index (χ1v) is 7.46. The first-order chi connectivity index (χ1) is 9.08. The molecular weight excluding hydrogens is 264 g/mol. The molecule has 19 heavy (non-hydrogen) atoms. The maximum Gasteiger partial charge on any atom is 0.323 e. The molecule has 0 saturated carbocycles. The van der Waals surface area contributed by atoms with E-state index in [0.717, 1.165) is 12.8 Å². The Morgan fingerprint density at radius 2 is 2.21 bits per heavy atom. The largest absolute Gasteiger partial charge is 0.393 e. The molecule has 1 aliphatic rings. The van der Waals surface area contributed by atoms with Gasteiger partial charge in [0.15, 0.2) is 0 Å². The number of aliphatic hydroxyl groups excluding tert-OH is 1. The van der Waals surface area contributed by atoms with Gasteiger partial charge in [-0.2, -0.15) is 0 Å². The molecule has 7 heteroatoms. The highest BCUT2D eigenvalue weighted by Gasteiger charge is 2.29. The summed E-state index contributed by atoms with van der Waals surface area (Å²) in [7, 11) is 0. The van der Waals surface area contributed by atoms with Crippen LogP contribution in [0.1, 0.15) is 26.7 Å². The second-order valence-corrected chi connectivity index (χ2v) is 6.07. The molecular formula is C12H20N4O2S. The Labute approximate surface area is 116 Å². The summed E-state index contributed by atoms with van der Waals surface area (Å²) < 4.78 is 0. The molecule has 2 amide bonds. The Hall–Kier alpha value is -1.21. The summed E-state index contributed by atoms with van der Waals surface area (Å²) in [6.45, 7) is 5.41. The molecule has 0 aliphatic carbocycles. The third-order valence-corrected chi connectivity index (χ3v) is 4.17. The number of urea groups is 1. The van der Waals surface area contributed by atoms with Crippen molar-refractivity contribution in [3.63, 3.8) is 0 Å². The predicted octanol–water partition coefficient (Wildman–Crippen LogP) is 1.80. The van der Waals surface area contributed by atoms with Crippen molar-refractivity contribution in [3.8, 4) is 0 Å². The van der Waals surface area contributed by atoms with Gasteiger partial charge in [0.25, 0.3) is 0 Å². The Balaban J connectivity index is 1.81. The van der Waals surface area contributed by atoms with Crippen molar-refractivity contribution in [2.75, 3.05) is 18.4 Å². The SMILES string of the molecule is CC(C)[C@@H](O)C1CCN(C(=O)Nc2nncs2)CC1. The molecule has 0 unspecified atom stereocenters. The van der Waals surface area contributed by atoms with Crippen molar-refractivity contribution in [3.05, 3.63) is 5.51 Å². The molecule has 0 aromatic carbocycles. The lowest BCUT2D eigenvalue weighted by Crippen LogP contribution is -2.44. The van der Waals surface area contributed by atoms with E-state index in [1.54, 1.807) is 10.4 Å². The van der Waals surface area contributed by atoms with Gasteiger partial charge in [-0.05, 0) is 24.7 Å². The number of carbonyl (C=O) groups is 1. The summed E-state index contributed by atoms with van der Waals surface area (Å²) in [5, 5.41) is 20.8. The quantitative estimate of drug-likeness (QED) is 0.887. The van der Waals surface area contributed by atoms with Crippen LogP contribution in [0.25, 0.3) is 0 Å². The number of hydrogen-bond donors (Lipinski definition) is 2. The highest BCUT2D eigenvalue weighted by atomic mass is 32.1. The van der Waals surface area contributed by atoms with Gasteiger partial charge in [0.05, 0.1) is 6.10 Å². The first kappa shape index (κ1) is 14.2. The van der Waals surface area contributed by atoms with Crippen LogP contribution in [0.15, 0.2) is 5.51 Å². The molecule has 1 aliphatic heterocycles. The van der Waals surface area contributed by atoms with Crippen molar-refractivity contribution in [2.24, 2.45) is 11.8 Å². The summed E-state index contributed by atoms with van der Waals surface area (Å²) in [6, 6.07) is -0.130. The van der Waals surface area contributed by atoms with E-state index in [0.29, 0.717) is 24.1 Å². The van der Waals surface area contributed by atoms with E-state index in [1.807, 2.05) is 13.8 Å². The lowest BCUT2D eigenvalue weighted by molar-refractivity contribution is 0.0355. The number of piperidine rings is 1. The average Bonchev–Trinajstić information content (AvgIpc) is 2.90. The zero-order valence-electron chi connectivity index (χ0n) is 11.2. The number of carbonyl (C=O) groups excluding carboxylic acids is 1. The van der Waals surface area contributed by atoms with Crippen molar-refractivity contribution in [2.45, 2.75) is 32.8 Å². The fourth-order valence-electron chi connectivity index (χ4n) is 2.39. The number of nitrogens with one attached hydrogen (secondary N) is 1. The number of hydrogen-bond acceptors (Lipinski definition) is 5. The van der Waals surface area contributed by atoms with Gasteiger partial charge in [0.1, 0.15) is 5.51 Å². The Bertz CT molecular complexity index is 402. The zero-order valence-corrected chi connectivity index (χ0v) is 12.1. The minimum absolute atomic E-state index is 0.130. The van der Waals surface area contributed by atoms with Gasteiger partial charge in [-0.15, -0.1) is 10.2 Å². The van der Waals surface area contributed by atoms with Crippen molar-refractivity contribution in [1.82, 2.24) is 15.1 Å². The normalized spacial score (nSPS) is 18.6. The van der Waals surface area contributed by atoms with Crippen LogP contribution < -0.4 is 5.32 Å². The van der Waals surface area contributed by atoms with Gasteiger partial charge >= 0.3 is 6.03 Å². The maximum absolute atomic E-state index is 12.0. The van der Waals surface area contributed by atoms with E-state index < -0.39 is 0 Å². The second kappa shape index (κ2) is 6.29. The van der Waals surface area contributed by atoms with Crippen LogP contribution in [0, 0.1) is 11.8 Å². The fourth-order valence-corrected chi connectivity index (χ4v) is 2.82. The Kier molecular flexibility index (Phi) is 4.71. The summed E-state index contributed by atoms with van der Waals surface area (Å²) in [4.78, 5) is 13.7. The molecule has 1 aromatic heterocycles. The van der Waals surface area contributed by atoms with Crippen molar-refractivity contribution >= 4 is 22.5 Å². The first-order valence-electron chi connectivity index (χ1n) is 6.58. The molecule has 1 aromatic rings. The molecule has 0 radical (unpaired) electrons. The van der Waals surface area contributed by atoms with Gasteiger partial charge in [0, 0.05) is 13.1 Å². The Morgan fingerprint density at radius 3 is 2.74 bits per heavy atom. The molecule has 2 heterocycles. The molecule has 0 bridgehead atoms. The van der Waals surface area contributed by atoms with Crippen molar-refractivity contribution < 1.29 is 9.90 Å². The van der Waals surface area contributed by atoms with E-state index >= 15 is 0 Å². The minimum Gasteiger partial charge on any atom is -0.393 e. The number of nitrogens with zero attached hydrogens (tertiary/aromatic N) is 3. The second-order valence-electron chi connectivity index (χ2n) is 5.23. The summed E-state index contributed by atoms with van der Waals surface area (Å²) in [6.07, 6.45) is 1.43. The summed E-state index contributed by atoms with van der Waals surface area (Å²) in [5.74, 6) is 0.567. The number of amides is 2. The molecule has 2 rings (SSSR count). The van der Waals surface area contributed by atoms with Gasteiger partial charge in [-0.25, -0.2) is 4.79 Å². The van der Waals surface area contributed by atoms with Crippen LogP contribution in [0.3, 0.4) is 0 Å². The number of rotatable bonds is 3. The van der Waals surface area contributed by atoms with Crippen LogP contribution in [0.2, 0.25) is 0 Å². The molecule has 0 spiro atoms. The van der Waals surface area contributed by atoms with Gasteiger partial charge < -0.3 is 10.0 Å². The van der Waals surface area contributed by atoms with Crippen LogP contribution in [-0.2, 0) is 0 Å². The van der Waals surface area contributed by atoms with E-state index in [2.05, 4.69) is 15.5 Å². The molecule has 6 nitrogen and oxygen atoms in total. The molecule has 2 N–H and O–H groups in total. The number of likely N-dealkylation sites (tertiary alicyclic amines) is 1. The van der Waals surface area contributed by atoms with E-state index in [4.69, 9.17) is 0 Å².